The second kappa shape index (κ2) is 41.1. The van der Waals surface area contributed by atoms with E-state index in [-0.39, 0.29) is 32.6 Å². The lowest BCUT2D eigenvalue weighted by atomic mass is 9.95. The number of benzene rings is 4. The molecule has 0 atom stereocenters. The number of aryl methyl sites for hydroxylation is 3. The van der Waals surface area contributed by atoms with Crippen molar-refractivity contribution < 1.29 is 38.9 Å². The number of carbonyl (C=O) groups is 4. The molecule has 3 radical (unpaired) electrons. The number of aromatic carboxylic acids is 1. The molecule has 4 aromatic carbocycles. The van der Waals surface area contributed by atoms with Crippen molar-refractivity contribution >= 4 is 55.0 Å². The third kappa shape index (κ3) is 24.7. The third-order valence-corrected chi connectivity index (χ3v) is 14.7. The van der Waals surface area contributed by atoms with Crippen molar-refractivity contribution in [1.82, 2.24) is 25.3 Å². The van der Waals surface area contributed by atoms with Crippen molar-refractivity contribution in [2.45, 2.75) is 132 Å². The number of aliphatic hydroxyl groups excluding tert-OH is 1. The molecule has 4 heterocycles. The van der Waals surface area contributed by atoms with Crippen LogP contribution in [0.5, 0.6) is 0 Å². The maximum absolute atomic E-state index is 12.7. The van der Waals surface area contributed by atoms with E-state index in [0.29, 0.717) is 30.2 Å². The molecule has 4 aromatic heterocycles. The molecule has 475 valence electrons. The number of rotatable bonds is 23. The van der Waals surface area contributed by atoms with E-state index in [1.807, 2.05) is 101 Å². The van der Waals surface area contributed by atoms with E-state index < -0.39 is 11.9 Å². The number of esters is 2. The average molecular weight is 1220 g/mol. The maximum atomic E-state index is 12.7. The molecule has 0 bridgehead atoms. The summed E-state index contributed by atoms with van der Waals surface area (Å²) < 4.78 is 9.10. The SMILES string of the molecule is CCCCCc1ccc(C(=O)Nc2cccc(-c3cccc(N)c3C)c2C)nc1.CCCCCc1ccc(C(=O)O)nc1.CCCCCc1ccc(C(=O)OC)nc1.COC(=O)c1ccc(CNCCO)cn1.Cc1c(N)cccc1-c1cccc(N)c1C.[B]. The monoisotopic (exact) mass is 1220 g/mol. The van der Waals surface area contributed by atoms with Crippen LogP contribution in [0.25, 0.3) is 22.3 Å². The highest BCUT2D eigenvalue weighted by Gasteiger charge is 2.15. The molecule has 0 aliphatic carbocycles. The van der Waals surface area contributed by atoms with Gasteiger partial charge in [0.1, 0.15) is 22.8 Å². The molecule has 18 heteroatoms. The lowest BCUT2D eigenvalue weighted by Crippen LogP contribution is -2.17. The minimum absolute atomic E-state index is 0. The van der Waals surface area contributed by atoms with Gasteiger partial charge in [-0.05, 0) is 182 Å². The normalized spacial score (nSPS) is 10.2. The first-order valence-corrected chi connectivity index (χ1v) is 30.4. The molecule has 0 unspecified atom stereocenters. The van der Waals surface area contributed by atoms with E-state index in [1.165, 1.54) is 70.3 Å². The summed E-state index contributed by atoms with van der Waals surface area (Å²) in [5.41, 5.74) is 35.4. The number of aliphatic hydroxyl groups is 1. The number of amides is 1. The predicted octanol–water partition coefficient (Wildman–Crippen LogP) is 13.8. The lowest BCUT2D eigenvalue weighted by Gasteiger charge is -2.15. The van der Waals surface area contributed by atoms with Crippen molar-refractivity contribution in [3.63, 3.8) is 0 Å². The summed E-state index contributed by atoms with van der Waals surface area (Å²) in [6.07, 6.45) is 20.6. The van der Waals surface area contributed by atoms with Crippen LogP contribution in [0.4, 0.5) is 22.7 Å². The zero-order valence-corrected chi connectivity index (χ0v) is 53.9. The quantitative estimate of drug-likeness (QED) is 0.0136. The maximum Gasteiger partial charge on any atom is 0.356 e. The Morgan fingerprint density at radius 2 is 0.800 bits per heavy atom. The van der Waals surface area contributed by atoms with Crippen LogP contribution in [0, 0.1) is 27.7 Å². The Labute approximate surface area is 534 Å². The highest BCUT2D eigenvalue weighted by Crippen LogP contribution is 2.34. The molecule has 8 aromatic rings. The Balaban J connectivity index is 0.000000304. The van der Waals surface area contributed by atoms with Crippen molar-refractivity contribution in [2.75, 3.05) is 49.9 Å². The molecule has 8 rings (SSSR count). The summed E-state index contributed by atoms with van der Waals surface area (Å²) in [7, 11) is 2.68. The number of carbonyl (C=O) groups excluding carboxylic acids is 3. The number of ether oxygens (including phenoxy) is 2. The van der Waals surface area contributed by atoms with Crippen molar-refractivity contribution in [3.05, 3.63) is 213 Å². The van der Waals surface area contributed by atoms with Gasteiger partial charge < -0.3 is 47.5 Å². The van der Waals surface area contributed by atoms with Crippen LogP contribution < -0.4 is 27.8 Å². The number of hydrogen-bond donors (Lipinski definition) is 7. The van der Waals surface area contributed by atoms with Crippen LogP contribution in [0.2, 0.25) is 0 Å². The number of nitrogens with one attached hydrogen (secondary N) is 2. The number of nitrogen functional groups attached to an aromatic ring is 3. The van der Waals surface area contributed by atoms with Crippen LogP contribution in [0.1, 0.15) is 165 Å². The van der Waals surface area contributed by atoms with Gasteiger partial charge in [-0.3, -0.25) is 9.78 Å². The number of methoxy groups -OCH3 is 2. The summed E-state index contributed by atoms with van der Waals surface area (Å²) >= 11 is 0. The van der Waals surface area contributed by atoms with Crippen LogP contribution >= 0.6 is 0 Å². The Bertz CT molecular complexity index is 3340. The second-order valence-electron chi connectivity index (χ2n) is 21.3. The third-order valence-electron chi connectivity index (χ3n) is 14.7. The average Bonchev–Trinajstić information content (AvgIpc) is 1.03. The minimum atomic E-state index is -0.967. The molecule has 1 amide bonds. The van der Waals surface area contributed by atoms with E-state index >= 15 is 0 Å². The standard InChI is InChI=1S/C25H29N3O.C14H16N2.C12H17NO2.C11H15NO2.C10H14N2O3.B/c1-4-5-6-9-19-14-15-24(27-16-19)25(29)28-23-13-8-11-21(18(23)3)20-10-7-12-22(26)17(20)2;1-9-11(5-3-7-13(9)15)12-6-4-8-14(16)10(12)2;1-3-4-5-6-10-7-8-11(13-9-10)12(14)15-2;1-2-3-4-5-9-6-7-10(11(13)14)12-8-9;1-15-10(14)9-3-2-8(7-12-9)6-11-4-5-13;/h7-8,10-16H,4-6,9,26H2,1-3H3,(H,28,29);3-8H,15-16H2,1-2H3;7-9H,3-6H2,1-2H3;6-8H,2-5H2,1H3,(H,13,14);2-3,7,11,13H,4-6H2,1H3;. The van der Waals surface area contributed by atoms with Crippen LogP contribution in [0.15, 0.2) is 146 Å². The largest absolute Gasteiger partial charge is 0.477 e. The van der Waals surface area contributed by atoms with Gasteiger partial charge in [-0.2, -0.15) is 0 Å². The second-order valence-corrected chi connectivity index (χ2v) is 21.3. The predicted molar refractivity (Wildman–Crippen MR) is 365 cm³/mol. The zero-order valence-electron chi connectivity index (χ0n) is 53.9. The van der Waals surface area contributed by atoms with Crippen molar-refractivity contribution in [1.29, 1.82) is 0 Å². The first kappa shape index (κ1) is 75.0. The van der Waals surface area contributed by atoms with Gasteiger partial charge in [0.25, 0.3) is 5.91 Å². The fourth-order valence-corrected chi connectivity index (χ4v) is 9.09. The van der Waals surface area contributed by atoms with E-state index in [1.54, 1.807) is 48.9 Å². The highest BCUT2D eigenvalue weighted by molar-refractivity contribution is 6.04. The molecular weight excluding hydrogens is 1130 g/mol. The van der Waals surface area contributed by atoms with Gasteiger partial charge in [0, 0.05) is 69.0 Å². The molecule has 0 saturated carbocycles. The molecule has 90 heavy (non-hydrogen) atoms. The molecule has 0 fully saturated rings. The van der Waals surface area contributed by atoms with Gasteiger partial charge in [-0.25, -0.2) is 29.3 Å². The molecule has 0 aliphatic heterocycles. The van der Waals surface area contributed by atoms with Gasteiger partial charge in [-0.15, -0.1) is 0 Å². The fourth-order valence-electron chi connectivity index (χ4n) is 9.09. The van der Waals surface area contributed by atoms with Gasteiger partial charge in [-0.1, -0.05) is 132 Å². The molecule has 0 aliphatic rings. The van der Waals surface area contributed by atoms with E-state index in [2.05, 4.69) is 85.1 Å². The number of carboxylic acid groups (broad SMARTS) is 1. The number of anilines is 4. The Morgan fingerprint density at radius 3 is 1.13 bits per heavy atom. The first-order chi connectivity index (χ1) is 42.9. The number of hydrogen-bond acceptors (Lipinski definition) is 15. The molecule has 0 saturated heterocycles. The Morgan fingerprint density at radius 1 is 0.456 bits per heavy atom. The molecular formula is C72H91BN9O8. The number of nitrogens with two attached hydrogens (primary N) is 3. The fraction of sp³-hybridized carbons (Fsp3) is 0.333. The molecule has 10 N–H and O–H groups in total. The van der Waals surface area contributed by atoms with Gasteiger partial charge in [0.05, 0.1) is 20.8 Å². The molecule has 17 nitrogen and oxygen atoms in total. The topological polar surface area (TPSA) is 281 Å². The van der Waals surface area contributed by atoms with Gasteiger partial charge in [0.2, 0.25) is 0 Å². The van der Waals surface area contributed by atoms with Crippen molar-refractivity contribution in [2.24, 2.45) is 0 Å². The number of aromatic nitrogens is 4. The number of unbranched alkanes of at least 4 members (excludes halogenated alkanes) is 6. The van der Waals surface area contributed by atoms with Crippen LogP contribution in [-0.2, 0) is 35.3 Å². The number of carboxylic acids is 1. The lowest BCUT2D eigenvalue weighted by molar-refractivity contribution is 0.0585. The smallest absolute Gasteiger partial charge is 0.356 e. The summed E-state index contributed by atoms with van der Waals surface area (Å²) in [6.45, 7) is 15.9. The van der Waals surface area contributed by atoms with Gasteiger partial charge >= 0.3 is 17.9 Å². The first-order valence-electron chi connectivity index (χ1n) is 30.4. The van der Waals surface area contributed by atoms with Crippen molar-refractivity contribution in [3.8, 4) is 22.3 Å². The van der Waals surface area contributed by atoms with E-state index in [9.17, 15) is 19.2 Å². The van der Waals surface area contributed by atoms with E-state index in [4.69, 9.17) is 27.4 Å². The summed E-state index contributed by atoms with van der Waals surface area (Å²) in [4.78, 5) is 61.6. The van der Waals surface area contributed by atoms with Crippen LogP contribution in [-0.4, -0.2) is 89.7 Å². The van der Waals surface area contributed by atoms with E-state index in [0.717, 1.165) is 110 Å². The highest BCUT2D eigenvalue weighted by atomic mass is 16.5. The number of nitrogens with zero attached hydrogens (tertiary/aromatic N) is 4. The zero-order chi connectivity index (χ0) is 65.1. The molecule has 0 spiro atoms. The summed E-state index contributed by atoms with van der Waals surface area (Å²) in [5.74, 6) is -1.99. The van der Waals surface area contributed by atoms with Gasteiger partial charge in [0.15, 0.2) is 0 Å². The summed E-state index contributed by atoms with van der Waals surface area (Å²) in [6, 6.07) is 38.0. The Kier molecular flexibility index (Phi) is 34.2. The number of pyridine rings is 4. The van der Waals surface area contributed by atoms with Crippen LogP contribution in [0.3, 0.4) is 0 Å². The summed E-state index contributed by atoms with van der Waals surface area (Å²) in [5, 5.41) is 23.2. The minimum Gasteiger partial charge on any atom is -0.477 e. The Hall–Kier alpha value is -9.26.